The minimum Gasteiger partial charge on any atom is -0.493 e. The van der Waals surface area contributed by atoms with Gasteiger partial charge in [0.25, 0.3) is 5.91 Å². The molecule has 0 saturated heterocycles. The Labute approximate surface area is 197 Å². The molecule has 4 rings (SSSR count). The number of nitrogens with one attached hydrogen (secondary N) is 1. The molecule has 1 heterocycles. The van der Waals surface area contributed by atoms with Gasteiger partial charge in [-0.25, -0.2) is 4.79 Å². The molecule has 0 bridgehead atoms. The van der Waals surface area contributed by atoms with E-state index < -0.39 is 18.0 Å². The lowest BCUT2D eigenvalue weighted by Crippen LogP contribution is -2.30. The van der Waals surface area contributed by atoms with Crippen LogP contribution in [0.3, 0.4) is 0 Å². The lowest BCUT2D eigenvalue weighted by atomic mass is 10.1. The second kappa shape index (κ2) is 10.6. The van der Waals surface area contributed by atoms with Gasteiger partial charge in [-0.05, 0) is 48.9 Å². The zero-order valence-corrected chi connectivity index (χ0v) is 18.9. The average Bonchev–Trinajstić information content (AvgIpc) is 2.88. The van der Waals surface area contributed by atoms with E-state index in [1.54, 1.807) is 24.3 Å². The van der Waals surface area contributed by atoms with Gasteiger partial charge in [-0.2, -0.15) is 0 Å². The third kappa shape index (κ3) is 5.58. The Bertz CT molecular complexity index is 1130. The van der Waals surface area contributed by atoms with E-state index in [1.165, 1.54) is 26.2 Å². The number of hydrogen-bond donors (Lipinski definition) is 1. The molecule has 0 aromatic heterocycles. The molecule has 0 saturated carbocycles. The standard InChI is InChI=1S/C26H25NO7/c1-17(34-26(29)19-14-22(30-2)24-23(15-19)31-12-13-32-24)25(28)27-20-8-10-21(11-9-20)33-16-18-6-4-3-5-7-18/h3-11,14-15,17H,12-13,16H2,1-2H3,(H,27,28). The zero-order chi connectivity index (χ0) is 23.9. The summed E-state index contributed by atoms with van der Waals surface area (Å²) < 4.78 is 27.5. The largest absolute Gasteiger partial charge is 0.493 e. The van der Waals surface area contributed by atoms with Gasteiger partial charge in [-0.15, -0.1) is 0 Å². The highest BCUT2D eigenvalue weighted by atomic mass is 16.6. The summed E-state index contributed by atoms with van der Waals surface area (Å²) in [7, 11) is 1.47. The van der Waals surface area contributed by atoms with Gasteiger partial charge in [-0.3, -0.25) is 4.79 Å². The van der Waals surface area contributed by atoms with E-state index in [0.29, 0.717) is 48.5 Å². The lowest BCUT2D eigenvalue weighted by Gasteiger charge is -2.21. The summed E-state index contributed by atoms with van der Waals surface area (Å²) in [5.41, 5.74) is 1.81. The molecule has 8 heteroatoms. The molecule has 1 aliphatic rings. The number of ether oxygens (including phenoxy) is 5. The molecule has 1 amide bonds. The Kier molecular flexibility index (Phi) is 7.17. The summed E-state index contributed by atoms with van der Waals surface area (Å²) in [6, 6.07) is 19.8. The van der Waals surface area contributed by atoms with Crippen molar-refractivity contribution in [2.45, 2.75) is 19.6 Å². The van der Waals surface area contributed by atoms with Crippen molar-refractivity contribution in [3.63, 3.8) is 0 Å². The Balaban J connectivity index is 1.32. The number of carbonyl (C=O) groups is 2. The number of carbonyl (C=O) groups excluding carboxylic acids is 2. The van der Waals surface area contributed by atoms with E-state index in [9.17, 15) is 9.59 Å². The predicted octanol–water partition coefficient (Wildman–Crippen LogP) is 4.23. The Hall–Kier alpha value is -4.20. The highest BCUT2D eigenvalue weighted by molar-refractivity contribution is 5.97. The average molecular weight is 463 g/mol. The van der Waals surface area contributed by atoms with Gasteiger partial charge in [0, 0.05) is 5.69 Å². The zero-order valence-electron chi connectivity index (χ0n) is 18.9. The first-order chi connectivity index (χ1) is 16.5. The number of amides is 1. The van der Waals surface area contributed by atoms with Crippen molar-refractivity contribution in [3.05, 3.63) is 77.9 Å². The first kappa shape index (κ1) is 23.0. The fourth-order valence-electron chi connectivity index (χ4n) is 3.29. The van der Waals surface area contributed by atoms with Crippen LogP contribution in [0.1, 0.15) is 22.8 Å². The van der Waals surface area contributed by atoms with Crippen LogP contribution in [0.2, 0.25) is 0 Å². The molecular formula is C26H25NO7. The van der Waals surface area contributed by atoms with Crippen molar-refractivity contribution >= 4 is 17.6 Å². The SMILES string of the molecule is COc1cc(C(=O)OC(C)C(=O)Nc2ccc(OCc3ccccc3)cc2)cc2c1OCCO2. The molecule has 176 valence electrons. The fourth-order valence-corrected chi connectivity index (χ4v) is 3.29. The van der Waals surface area contributed by atoms with Crippen LogP contribution in [0.25, 0.3) is 0 Å². The number of anilines is 1. The molecular weight excluding hydrogens is 438 g/mol. The highest BCUT2D eigenvalue weighted by Crippen LogP contribution is 2.40. The van der Waals surface area contributed by atoms with E-state index in [2.05, 4.69) is 5.32 Å². The van der Waals surface area contributed by atoms with E-state index in [0.717, 1.165) is 5.56 Å². The van der Waals surface area contributed by atoms with Crippen molar-refractivity contribution < 1.29 is 33.3 Å². The van der Waals surface area contributed by atoms with Gasteiger partial charge in [0.2, 0.25) is 5.75 Å². The number of fused-ring (bicyclic) bond motifs is 1. The van der Waals surface area contributed by atoms with Crippen LogP contribution in [0.5, 0.6) is 23.0 Å². The third-order valence-corrected chi connectivity index (χ3v) is 5.09. The molecule has 0 aliphatic carbocycles. The van der Waals surface area contributed by atoms with Crippen LogP contribution in [0, 0.1) is 0 Å². The topological polar surface area (TPSA) is 92.3 Å². The van der Waals surface area contributed by atoms with Gasteiger partial charge in [0.05, 0.1) is 12.7 Å². The minimum absolute atomic E-state index is 0.195. The quantitative estimate of drug-likeness (QED) is 0.500. The van der Waals surface area contributed by atoms with E-state index in [1.807, 2.05) is 30.3 Å². The summed E-state index contributed by atoms with van der Waals surface area (Å²) in [4.78, 5) is 25.2. The van der Waals surface area contributed by atoms with Crippen molar-refractivity contribution in [2.24, 2.45) is 0 Å². The third-order valence-electron chi connectivity index (χ3n) is 5.09. The predicted molar refractivity (Wildman–Crippen MR) is 125 cm³/mol. The molecule has 8 nitrogen and oxygen atoms in total. The smallest absolute Gasteiger partial charge is 0.339 e. The van der Waals surface area contributed by atoms with Gasteiger partial charge < -0.3 is 29.0 Å². The Morgan fingerprint density at radius 1 is 1.00 bits per heavy atom. The molecule has 3 aromatic carbocycles. The first-order valence-corrected chi connectivity index (χ1v) is 10.8. The fraction of sp³-hybridized carbons (Fsp3) is 0.231. The highest BCUT2D eigenvalue weighted by Gasteiger charge is 2.24. The number of benzene rings is 3. The Morgan fingerprint density at radius 2 is 1.74 bits per heavy atom. The molecule has 1 atom stereocenters. The van der Waals surface area contributed by atoms with Crippen molar-refractivity contribution in [1.29, 1.82) is 0 Å². The van der Waals surface area contributed by atoms with Crippen LogP contribution in [-0.4, -0.2) is 38.3 Å². The van der Waals surface area contributed by atoms with Crippen LogP contribution in [0.4, 0.5) is 5.69 Å². The van der Waals surface area contributed by atoms with E-state index in [4.69, 9.17) is 23.7 Å². The first-order valence-electron chi connectivity index (χ1n) is 10.8. The summed E-state index contributed by atoms with van der Waals surface area (Å²) in [5.74, 6) is 0.722. The normalized spacial score (nSPS) is 12.9. The summed E-state index contributed by atoms with van der Waals surface area (Å²) >= 11 is 0. The van der Waals surface area contributed by atoms with Crippen molar-refractivity contribution in [2.75, 3.05) is 25.6 Å². The van der Waals surface area contributed by atoms with Crippen LogP contribution < -0.4 is 24.3 Å². The summed E-state index contributed by atoms with van der Waals surface area (Å²) in [6.45, 7) is 2.71. The summed E-state index contributed by atoms with van der Waals surface area (Å²) in [5, 5.41) is 2.73. The van der Waals surface area contributed by atoms with Crippen LogP contribution in [-0.2, 0) is 16.1 Å². The number of hydrogen-bond acceptors (Lipinski definition) is 7. The molecule has 0 radical (unpaired) electrons. The van der Waals surface area contributed by atoms with Gasteiger partial charge in [0.15, 0.2) is 17.6 Å². The Morgan fingerprint density at radius 3 is 2.47 bits per heavy atom. The number of rotatable bonds is 8. The molecule has 1 aliphatic heterocycles. The van der Waals surface area contributed by atoms with Crippen molar-refractivity contribution in [3.8, 4) is 23.0 Å². The van der Waals surface area contributed by atoms with E-state index >= 15 is 0 Å². The van der Waals surface area contributed by atoms with Crippen LogP contribution in [0.15, 0.2) is 66.7 Å². The second-order valence-electron chi connectivity index (χ2n) is 7.54. The molecule has 0 fully saturated rings. The monoisotopic (exact) mass is 463 g/mol. The van der Waals surface area contributed by atoms with Crippen LogP contribution >= 0.6 is 0 Å². The molecule has 1 unspecified atom stereocenters. The summed E-state index contributed by atoms with van der Waals surface area (Å²) in [6.07, 6.45) is -1.03. The second-order valence-corrected chi connectivity index (χ2v) is 7.54. The van der Waals surface area contributed by atoms with Gasteiger partial charge >= 0.3 is 5.97 Å². The lowest BCUT2D eigenvalue weighted by molar-refractivity contribution is -0.123. The molecule has 3 aromatic rings. The van der Waals surface area contributed by atoms with Gasteiger partial charge in [-0.1, -0.05) is 30.3 Å². The maximum atomic E-state index is 12.6. The number of esters is 1. The molecule has 1 N–H and O–H groups in total. The van der Waals surface area contributed by atoms with Crippen molar-refractivity contribution in [1.82, 2.24) is 0 Å². The maximum Gasteiger partial charge on any atom is 0.339 e. The maximum absolute atomic E-state index is 12.6. The molecule has 0 spiro atoms. The molecule has 34 heavy (non-hydrogen) atoms. The minimum atomic E-state index is -1.03. The van der Waals surface area contributed by atoms with E-state index in [-0.39, 0.29) is 5.56 Å². The van der Waals surface area contributed by atoms with Gasteiger partial charge in [0.1, 0.15) is 25.6 Å². The number of methoxy groups -OCH3 is 1.